The Kier molecular flexibility index (Phi) is 3.54. The van der Waals surface area contributed by atoms with E-state index in [1.165, 1.54) is 4.88 Å². The van der Waals surface area contributed by atoms with Gasteiger partial charge in [-0.3, -0.25) is 5.10 Å². The van der Waals surface area contributed by atoms with Crippen molar-refractivity contribution in [3.63, 3.8) is 0 Å². The Morgan fingerprint density at radius 3 is 2.96 bits per heavy atom. The summed E-state index contributed by atoms with van der Waals surface area (Å²) in [5.41, 5.74) is 2.06. The Bertz CT molecular complexity index is 842. The van der Waals surface area contributed by atoms with Gasteiger partial charge in [0.15, 0.2) is 0 Å². The van der Waals surface area contributed by atoms with Gasteiger partial charge in [0.2, 0.25) is 0 Å². The minimum Gasteiger partial charge on any atom is -0.391 e. The Morgan fingerprint density at radius 1 is 1.30 bits per heavy atom. The van der Waals surface area contributed by atoms with E-state index >= 15 is 0 Å². The zero-order valence-electron chi connectivity index (χ0n) is 13.2. The molecule has 0 saturated carbocycles. The second kappa shape index (κ2) is 5.58. The first kappa shape index (κ1) is 14.6. The van der Waals surface area contributed by atoms with Gasteiger partial charge in [0, 0.05) is 29.6 Å². The normalized spacial score (nSPS) is 21.4. The van der Waals surface area contributed by atoms with E-state index in [4.69, 9.17) is 0 Å². The molecule has 0 bridgehead atoms. The minimum absolute atomic E-state index is 0.169. The average molecular weight is 329 g/mol. The topological polar surface area (TPSA) is 77.9 Å². The van der Waals surface area contributed by atoms with E-state index in [0.29, 0.717) is 6.54 Å². The number of aryl methyl sites for hydroxylation is 2. The highest BCUT2D eigenvalue weighted by Gasteiger charge is 2.33. The average Bonchev–Trinajstić information content (AvgIpc) is 3.18. The molecule has 0 amide bonds. The highest BCUT2D eigenvalue weighted by molar-refractivity contribution is 7.18. The second-order valence-corrected chi connectivity index (χ2v) is 7.49. The molecular formula is C16H19N5OS. The number of aromatic amines is 1. The summed E-state index contributed by atoms with van der Waals surface area (Å²) in [4.78, 5) is 13.2. The number of rotatable bonds is 3. The monoisotopic (exact) mass is 329 g/mol. The van der Waals surface area contributed by atoms with Crippen LogP contribution < -0.4 is 4.90 Å². The molecule has 3 aromatic heterocycles. The first-order valence-corrected chi connectivity index (χ1v) is 8.57. The smallest absolute Gasteiger partial charge is 0.140 e. The maximum absolute atomic E-state index is 10.4. The number of aliphatic hydroxyl groups is 1. The molecule has 0 radical (unpaired) electrons. The highest BCUT2D eigenvalue weighted by atomic mass is 32.1. The molecule has 23 heavy (non-hydrogen) atoms. The van der Waals surface area contributed by atoms with Crippen molar-refractivity contribution in [2.75, 3.05) is 18.0 Å². The lowest BCUT2D eigenvalue weighted by molar-refractivity contribution is 0.148. The molecule has 2 N–H and O–H groups in total. The third-order valence-corrected chi connectivity index (χ3v) is 5.33. The molecule has 1 saturated heterocycles. The van der Waals surface area contributed by atoms with Crippen LogP contribution in [0.5, 0.6) is 0 Å². The molecule has 1 fully saturated rings. The molecule has 4 rings (SSSR count). The van der Waals surface area contributed by atoms with Crippen LogP contribution in [0.25, 0.3) is 10.2 Å². The summed E-state index contributed by atoms with van der Waals surface area (Å²) in [5, 5.41) is 18.8. The molecule has 0 spiro atoms. The van der Waals surface area contributed by atoms with Crippen LogP contribution in [0.4, 0.5) is 5.82 Å². The van der Waals surface area contributed by atoms with Crippen molar-refractivity contribution >= 4 is 27.4 Å². The number of aromatic nitrogens is 4. The third-order valence-electron chi connectivity index (χ3n) is 4.37. The fraction of sp³-hybridized carbons (Fsp3) is 0.438. The summed E-state index contributed by atoms with van der Waals surface area (Å²) in [6, 6.07) is 4.17. The van der Waals surface area contributed by atoms with E-state index in [1.54, 1.807) is 17.7 Å². The number of thiophene rings is 1. The molecular weight excluding hydrogens is 310 g/mol. The molecule has 0 unspecified atom stereocenters. The number of hydrogen-bond acceptors (Lipinski definition) is 6. The van der Waals surface area contributed by atoms with Crippen molar-refractivity contribution in [3.8, 4) is 0 Å². The van der Waals surface area contributed by atoms with Gasteiger partial charge in [0.1, 0.15) is 17.0 Å². The summed E-state index contributed by atoms with van der Waals surface area (Å²) in [5.74, 6) is 1.10. The van der Waals surface area contributed by atoms with Gasteiger partial charge in [0.25, 0.3) is 0 Å². The summed E-state index contributed by atoms with van der Waals surface area (Å²) >= 11 is 1.68. The molecule has 1 aliphatic rings. The number of nitrogens with zero attached hydrogens (tertiary/aromatic N) is 4. The van der Waals surface area contributed by atoms with Gasteiger partial charge in [-0.15, -0.1) is 11.3 Å². The number of fused-ring (bicyclic) bond motifs is 1. The van der Waals surface area contributed by atoms with Crippen molar-refractivity contribution in [1.29, 1.82) is 0 Å². The molecule has 3 aromatic rings. The quantitative estimate of drug-likeness (QED) is 0.769. The SMILES string of the molecule is Cc1cc(C[C@@H]2CN(c3ncnc4sc(C)cc34)C[C@H]2O)n[nH]1. The first-order valence-electron chi connectivity index (χ1n) is 7.75. The predicted molar refractivity (Wildman–Crippen MR) is 90.9 cm³/mol. The van der Waals surface area contributed by atoms with Gasteiger partial charge in [0.05, 0.1) is 17.2 Å². The zero-order valence-corrected chi connectivity index (χ0v) is 14.0. The van der Waals surface area contributed by atoms with Crippen molar-refractivity contribution in [1.82, 2.24) is 20.2 Å². The number of β-amino-alcohol motifs (C(OH)–C–C–N with tert-alkyl or cyclic N) is 1. The molecule has 0 aliphatic carbocycles. The van der Waals surface area contributed by atoms with Crippen molar-refractivity contribution < 1.29 is 5.11 Å². The van der Waals surface area contributed by atoms with E-state index in [1.807, 2.05) is 13.0 Å². The van der Waals surface area contributed by atoms with Gasteiger partial charge in [-0.1, -0.05) is 0 Å². The molecule has 2 atom stereocenters. The lowest BCUT2D eigenvalue weighted by atomic mass is 10.0. The molecule has 120 valence electrons. The fourth-order valence-corrected chi connectivity index (χ4v) is 4.13. The maximum Gasteiger partial charge on any atom is 0.140 e. The van der Waals surface area contributed by atoms with Gasteiger partial charge < -0.3 is 10.0 Å². The minimum atomic E-state index is -0.364. The summed E-state index contributed by atoms with van der Waals surface area (Å²) in [7, 11) is 0. The van der Waals surface area contributed by atoms with Crippen LogP contribution in [0.2, 0.25) is 0 Å². The molecule has 1 aliphatic heterocycles. The Morgan fingerprint density at radius 2 is 2.17 bits per heavy atom. The van der Waals surface area contributed by atoms with Crippen LogP contribution >= 0.6 is 11.3 Å². The third kappa shape index (κ3) is 2.70. The van der Waals surface area contributed by atoms with Crippen LogP contribution in [0, 0.1) is 19.8 Å². The summed E-state index contributed by atoms with van der Waals surface area (Å²) < 4.78 is 0. The largest absolute Gasteiger partial charge is 0.391 e. The van der Waals surface area contributed by atoms with Crippen molar-refractivity contribution in [2.24, 2.45) is 5.92 Å². The van der Waals surface area contributed by atoms with Gasteiger partial charge in [-0.05, 0) is 32.4 Å². The van der Waals surface area contributed by atoms with E-state index in [2.05, 4.69) is 38.1 Å². The van der Waals surface area contributed by atoms with Gasteiger partial charge in [-0.25, -0.2) is 9.97 Å². The van der Waals surface area contributed by atoms with E-state index in [0.717, 1.165) is 40.4 Å². The van der Waals surface area contributed by atoms with Crippen LogP contribution in [0.3, 0.4) is 0 Å². The van der Waals surface area contributed by atoms with E-state index in [-0.39, 0.29) is 12.0 Å². The maximum atomic E-state index is 10.4. The van der Waals surface area contributed by atoms with Gasteiger partial charge >= 0.3 is 0 Å². The standard InChI is InChI=1S/C16H19N5OS/c1-9-3-12(20-19-9)5-11-6-21(7-14(11)22)15-13-4-10(2)23-16(13)18-8-17-15/h3-4,8,11,14,22H,5-7H2,1-2H3,(H,19,20)/t11-,14-/m1/s1. The number of aliphatic hydroxyl groups excluding tert-OH is 1. The Balaban J connectivity index is 1.58. The number of hydrogen-bond donors (Lipinski definition) is 2. The lowest BCUT2D eigenvalue weighted by Gasteiger charge is -2.17. The Hall–Kier alpha value is -1.99. The summed E-state index contributed by atoms with van der Waals surface area (Å²) in [6.45, 7) is 5.46. The second-order valence-electron chi connectivity index (χ2n) is 6.25. The molecule has 7 heteroatoms. The van der Waals surface area contributed by atoms with Crippen LogP contribution in [-0.2, 0) is 6.42 Å². The number of nitrogens with one attached hydrogen (secondary N) is 1. The van der Waals surface area contributed by atoms with Crippen molar-refractivity contribution in [2.45, 2.75) is 26.4 Å². The first-order chi connectivity index (χ1) is 11.1. The highest BCUT2D eigenvalue weighted by Crippen LogP contribution is 2.33. The van der Waals surface area contributed by atoms with Crippen LogP contribution in [0.15, 0.2) is 18.5 Å². The zero-order chi connectivity index (χ0) is 16.0. The molecule has 0 aromatic carbocycles. The molecule has 4 heterocycles. The fourth-order valence-electron chi connectivity index (χ4n) is 3.29. The number of H-pyrrole nitrogens is 1. The number of anilines is 1. The predicted octanol–water partition coefficient (Wildman–Crippen LogP) is 2.07. The van der Waals surface area contributed by atoms with E-state index < -0.39 is 0 Å². The van der Waals surface area contributed by atoms with E-state index in [9.17, 15) is 5.11 Å². The van der Waals surface area contributed by atoms with Crippen LogP contribution in [-0.4, -0.2) is 44.5 Å². The lowest BCUT2D eigenvalue weighted by Crippen LogP contribution is -2.22. The van der Waals surface area contributed by atoms with Crippen LogP contribution in [0.1, 0.15) is 16.3 Å². The summed E-state index contributed by atoms with van der Waals surface area (Å²) in [6.07, 6.45) is 2.03. The Labute approximate surface area is 138 Å². The van der Waals surface area contributed by atoms with Crippen molar-refractivity contribution in [3.05, 3.63) is 34.7 Å². The molecule has 6 nitrogen and oxygen atoms in total. The van der Waals surface area contributed by atoms with Gasteiger partial charge in [-0.2, -0.15) is 5.10 Å².